The molecule has 2 aliphatic heterocycles. The average Bonchev–Trinajstić information content (AvgIpc) is 2.67. The number of piperidine rings is 1. The molecule has 2 atom stereocenters. The Morgan fingerprint density at radius 1 is 1.20 bits per heavy atom. The molecule has 3 N–H and O–H groups in total. The summed E-state index contributed by atoms with van der Waals surface area (Å²) in [5.74, 6) is -0.0671. The van der Waals surface area contributed by atoms with Crippen molar-refractivity contribution in [1.82, 2.24) is 10.6 Å². The van der Waals surface area contributed by atoms with Crippen molar-refractivity contribution in [2.45, 2.75) is 31.7 Å². The zero-order chi connectivity index (χ0) is 10.7. The van der Waals surface area contributed by atoms with Crippen molar-refractivity contribution in [2.24, 2.45) is 11.8 Å². The van der Waals surface area contributed by atoms with Crippen LogP contribution in [0.25, 0.3) is 0 Å². The summed E-state index contributed by atoms with van der Waals surface area (Å²) < 4.78 is 0. The highest BCUT2D eigenvalue weighted by Crippen LogP contribution is 2.25. The summed E-state index contributed by atoms with van der Waals surface area (Å²) in [5.41, 5.74) is 0. The average molecular weight is 212 g/mol. The summed E-state index contributed by atoms with van der Waals surface area (Å²) in [6.07, 6.45) is 4.23. The number of nitrogens with one attached hydrogen (secondary N) is 2. The van der Waals surface area contributed by atoms with E-state index in [1.807, 2.05) is 0 Å². The zero-order valence-corrected chi connectivity index (χ0v) is 9.04. The Bertz CT molecular complexity index is 227. The van der Waals surface area contributed by atoms with Gasteiger partial charge in [-0.05, 0) is 51.2 Å². The Labute approximate surface area is 90.4 Å². The topological polar surface area (TPSA) is 61.4 Å². The lowest BCUT2D eigenvalue weighted by Crippen LogP contribution is -2.36. The third kappa shape index (κ3) is 2.69. The predicted octanol–water partition coefficient (Wildman–Crippen LogP) is 0.439. The second-order valence-corrected chi connectivity index (χ2v) is 4.72. The zero-order valence-electron chi connectivity index (χ0n) is 9.04. The smallest absolute Gasteiger partial charge is 0.308 e. The van der Waals surface area contributed by atoms with Crippen molar-refractivity contribution in [3.8, 4) is 0 Å². The van der Waals surface area contributed by atoms with Crippen LogP contribution in [0.15, 0.2) is 0 Å². The van der Waals surface area contributed by atoms with E-state index in [-0.39, 0.29) is 12.0 Å². The molecule has 2 heterocycles. The maximum absolute atomic E-state index is 11.0. The molecular formula is C11H20N2O2. The molecule has 0 aliphatic carbocycles. The minimum absolute atomic E-state index is 0.153. The van der Waals surface area contributed by atoms with Gasteiger partial charge in [-0.1, -0.05) is 0 Å². The molecule has 2 unspecified atom stereocenters. The first kappa shape index (κ1) is 10.9. The van der Waals surface area contributed by atoms with Crippen LogP contribution in [0.2, 0.25) is 0 Å². The molecule has 0 spiro atoms. The summed E-state index contributed by atoms with van der Waals surface area (Å²) in [6, 6.07) is 0.214. The predicted molar refractivity (Wildman–Crippen MR) is 57.7 cm³/mol. The van der Waals surface area contributed by atoms with Crippen LogP contribution in [0.5, 0.6) is 0 Å². The van der Waals surface area contributed by atoms with Gasteiger partial charge >= 0.3 is 5.97 Å². The van der Waals surface area contributed by atoms with Crippen LogP contribution < -0.4 is 10.6 Å². The molecule has 0 bridgehead atoms. The van der Waals surface area contributed by atoms with Crippen molar-refractivity contribution in [2.75, 3.05) is 19.6 Å². The number of carbonyl (C=O) groups is 1. The highest BCUT2D eigenvalue weighted by Gasteiger charge is 2.34. The van der Waals surface area contributed by atoms with E-state index >= 15 is 0 Å². The van der Waals surface area contributed by atoms with E-state index < -0.39 is 5.97 Å². The molecule has 2 fully saturated rings. The summed E-state index contributed by atoms with van der Waals surface area (Å²) in [4.78, 5) is 11.0. The van der Waals surface area contributed by atoms with Crippen molar-refractivity contribution in [3.63, 3.8) is 0 Å². The van der Waals surface area contributed by atoms with E-state index in [1.54, 1.807) is 0 Å². The van der Waals surface area contributed by atoms with Crippen molar-refractivity contribution in [1.29, 1.82) is 0 Å². The number of hydrogen-bond acceptors (Lipinski definition) is 3. The van der Waals surface area contributed by atoms with Gasteiger partial charge in [0.2, 0.25) is 0 Å². The van der Waals surface area contributed by atoms with Gasteiger partial charge in [0.1, 0.15) is 0 Å². The van der Waals surface area contributed by atoms with E-state index in [9.17, 15) is 4.79 Å². The Balaban J connectivity index is 1.84. The highest BCUT2D eigenvalue weighted by atomic mass is 16.4. The first-order valence-corrected chi connectivity index (χ1v) is 5.94. The maximum atomic E-state index is 11.0. The van der Waals surface area contributed by atoms with E-state index in [0.717, 1.165) is 32.5 Å². The van der Waals surface area contributed by atoms with Gasteiger partial charge in [-0.25, -0.2) is 0 Å². The molecule has 4 nitrogen and oxygen atoms in total. The van der Waals surface area contributed by atoms with Crippen LogP contribution in [-0.4, -0.2) is 36.8 Å². The molecule has 0 saturated carbocycles. The molecule has 86 valence electrons. The molecule has 0 aromatic heterocycles. The van der Waals surface area contributed by atoms with E-state index in [2.05, 4.69) is 10.6 Å². The van der Waals surface area contributed by atoms with Crippen LogP contribution in [0.1, 0.15) is 25.7 Å². The largest absolute Gasteiger partial charge is 0.481 e. The molecule has 15 heavy (non-hydrogen) atoms. The minimum Gasteiger partial charge on any atom is -0.481 e. The van der Waals surface area contributed by atoms with Crippen molar-refractivity contribution in [3.05, 3.63) is 0 Å². The Morgan fingerprint density at radius 2 is 1.93 bits per heavy atom. The molecule has 0 aromatic rings. The lowest BCUT2D eigenvalue weighted by Gasteiger charge is -2.26. The molecular weight excluding hydrogens is 192 g/mol. The van der Waals surface area contributed by atoms with Gasteiger partial charge in [0.15, 0.2) is 0 Å². The number of rotatable bonds is 3. The van der Waals surface area contributed by atoms with Gasteiger partial charge in [0.25, 0.3) is 0 Å². The van der Waals surface area contributed by atoms with E-state index in [0.29, 0.717) is 5.92 Å². The molecule has 4 heteroatoms. The fourth-order valence-corrected chi connectivity index (χ4v) is 2.79. The highest BCUT2D eigenvalue weighted by molar-refractivity contribution is 5.71. The molecule has 2 rings (SSSR count). The molecule has 0 amide bonds. The van der Waals surface area contributed by atoms with E-state index in [1.165, 1.54) is 12.8 Å². The maximum Gasteiger partial charge on any atom is 0.308 e. The molecule has 0 aromatic carbocycles. The summed E-state index contributed by atoms with van der Waals surface area (Å²) in [7, 11) is 0. The van der Waals surface area contributed by atoms with Crippen LogP contribution in [0, 0.1) is 11.8 Å². The van der Waals surface area contributed by atoms with Gasteiger partial charge in [-0.2, -0.15) is 0 Å². The van der Waals surface area contributed by atoms with Gasteiger partial charge in [-0.15, -0.1) is 0 Å². The number of hydrogen-bond donors (Lipinski definition) is 3. The van der Waals surface area contributed by atoms with Gasteiger partial charge < -0.3 is 15.7 Å². The summed E-state index contributed by atoms with van der Waals surface area (Å²) >= 11 is 0. The second-order valence-electron chi connectivity index (χ2n) is 4.72. The Morgan fingerprint density at radius 3 is 2.60 bits per heavy atom. The minimum atomic E-state index is -0.626. The summed E-state index contributed by atoms with van der Waals surface area (Å²) in [6.45, 7) is 3.05. The van der Waals surface area contributed by atoms with Gasteiger partial charge in [0, 0.05) is 6.04 Å². The van der Waals surface area contributed by atoms with Crippen LogP contribution in [0.3, 0.4) is 0 Å². The lowest BCUT2D eigenvalue weighted by molar-refractivity contribution is -0.142. The monoisotopic (exact) mass is 212 g/mol. The normalized spacial score (nSPS) is 33.1. The van der Waals surface area contributed by atoms with E-state index in [4.69, 9.17) is 5.11 Å². The summed E-state index contributed by atoms with van der Waals surface area (Å²) in [5, 5.41) is 15.7. The third-order valence-corrected chi connectivity index (χ3v) is 3.71. The quantitative estimate of drug-likeness (QED) is 0.635. The van der Waals surface area contributed by atoms with Crippen LogP contribution >= 0.6 is 0 Å². The van der Waals surface area contributed by atoms with Crippen LogP contribution in [0.4, 0.5) is 0 Å². The van der Waals surface area contributed by atoms with Gasteiger partial charge in [0.05, 0.1) is 5.92 Å². The van der Waals surface area contributed by atoms with Gasteiger partial charge in [-0.3, -0.25) is 4.79 Å². The fourth-order valence-electron chi connectivity index (χ4n) is 2.79. The Hall–Kier alpha value is -0.610. The van der Waals surface area contributed by atoms with Crippen LogP contribution in [-0.2, 0) is 4.79 Å². The fraction of sp³-hybridized carbons (Fsp3) is 0.909. The molecule has 0 radical (unpaired) electrons. The third-order valence-electron chi connectivity index (χ3n) is 3.71. The van der Waals surface area contributed by atoms with Crippen molar-refractivity contribution >= 4 is 5.97 Å². The number of aliphatic carboxylic acids is 1. The Kier molecular flexibility index (Phi) is 3.59. The first-order valence-electron chi connectivity index (χ1n) is 5.94. The number of carboxylic acids is 1. The molecule has 2 aliphatic rings. The standard InChI is InChI=1S/C11H20N2O2/c14-11(15)9-3-6-13-10(9)7-8-1-4-12-5-2-8/h8-10,12-13H,1-7H2,(H,14,15). The SMILES string of the molecule is O=C(O)C1CCNC1CC1CCNCC1. The first-order chi connectivity index (χ1) is 7.27. The molecule has 2 saturated heterocycles. The lowest BCUT2D eigenvalue weighted by atomic mass is 9.86. The number of carboxylic acid groups (broad SMARTS) is 1. The van der Waals surface area contributed by atoms with Crippen molar-refractivity contribution < 1.29 is 9.90 Å². The second kappa shape index (κ2) is 4.94.